The second-order valence-electron chi connectivity index (χ2n) is 4.13. The fourth-order valence-electron chi connectivity index (χ4n) is 2.01. The topological polar surface area (TPSA) is 15.3 Å². The third-order valence-corrected chi connectivity index (χ3v) is 3.68. The van der Waals surface area contributed by atoms with Gasteiger partial charge in [-0.05, 0) is 43.9 Å². The standard InChI is InChI=1S/C11H18N2S/c1-13-5-4-10(9-13)7-12-8-11-3-2-6-14-11/h2-3,6,10,12H,4-5,7-9H2,1H3. The van der Waals surface area contributed by atoms with E-state index in [1.54, 1.807) is 0 Å². The Kier molecular flexibility index (Phi) is 3.56. The predicted molar refractivity (Wildman–Crippen MR) is 61.6 cm³/mol. The van der Waals surface area contributed by atoms with Gasteiger partial charge in [-0.2, -0.15) is 0 Å². The highest BCUT2D eigenvalue weighted by atomic mass is 32.1. The fourth-order valence-corrected chi connectivity index (χ4v) is 2.68. The Morgan fingerprint density at radius 1 is 1.64 bits per heavy atom. The van der Waals surface area contributed by atoms with E-state index in [1.165, 1.54) is 30.9 Å². The van der Waals surface area contributed by atoms with Crippen LogP contribution in [-0.4, -0.2) is 31.6 Å². The molecule has 0 saturated carbocycles. The molecule has 1 aliphatic heterocycles. The van der Waals surface area contributed by atoms with Gasteiger partial charge in [-0.1, -0.05) is 6.07 Å². The molecule has 2 rings (SSSR count). The molecule has 3 heteroatoms. The lowest BCUT2D eigenvalue weighted by Gasteiger charge is -2.10. The van der Waals surface area contributed by atoms with Crippen LogP contribution in [0.1, 0.15) is 11.3 Å². The van der Waals surface area contributed by atoms with Gasteiger partial charge < -0.3 is 10.2 Å². The van der Waals surface area contributed by atoms with Crippen molar-refractivity contribution in [3.8, 4) is 0 Å². The molecule has 0 aliphatic carbocycles. The van der Waals surface area contributed by atoms with Crippen molar-refractivity contribution < 1.29 is 0 Å². The Morgan fingerprint density at radius 2 is 2.57 bits per heavy atom. The molecular weight excluding hydrogens is 192 g/mol. The highest BCUT2D eigenvalue weighted by Crippen LogP contribution is 2.13. The Morgan fingerprint density at radius 3 is 3.21 bits per heavy atom. The number of hydrogen-bond acceptors (Lipinski definition) is 3. The van der Waals surface area contributed by atoms with Crippen LogP contribution >= 0.6 is 11.3 Å². The normalized spacial score (nSPS) is 23.1. The summed E-state index contributed by atoms with van der Waals surface area (Å²) in [6.07, 6.45) is 1.36. The summed E-state index contributed by atoms with van der Waals surface area (Å²) in [4.78, 5) is 3.86. The summed E-state index contributed by atoms with van der Waals surface area (Å²) >= 11 is 1.83. The minimum absolute atomic E-state index is 0.861. The summed E-state index contributed by atoms with van der Waals surface area (Å²) < 4.78 is 0. The van der Waals surface area contributed by atoms with Crippen molar-refractivity contribution in [1.82, 2.24) is 10.2 Å². The van der Waals surface area contributed by atoms with Crippen molar-refractivity contribution in [2.45, 2.75) is 13.0 Å². The Labute approximate surface area is 89.9 Å². The van der Waals surface area contributed by atoms with Gasteiger partial charge in [0.2, 0.25) is 0 Å². The van der Waals surface area contributed by atoms with Crippen LogP contribution in [0, 0.1) is 5.92 Å². The molecule has 1 saturated heterocycles. The van der Waals surface area contributed by atoms with Crippen molar-refractivity contribution in [1.29, 1.82) is 0 Å². The molecule has 0 amide bonds. The number of rotatable bonds is 4. The van der Waals surface area contributed by atoms with Gasteiger partial charge in [-0.25, -0.2) is 0 Å². The average molecular weight is 210 g/mol. The van der Waals surface area contributed by atoms with E-state index in [1.807, 2.05) is 11.3 Å². The van der Waals surface area contributed by atoms with E-state index in [2.05, 4.69) is 34.8 Å². The van der Waals surface area contributed by atoms with Crippen molar-refractivity contribution in [3.05, 3.63) is 22.4 Å². The number of thiophene rings is 1. The van der Waals surface area contributed by atoms with Crippen LogP contribution in [0.3, 0.4) is 0 Å². The molecule has 1 aromatic heterocycles. The van der Waals surface area contributed by atoms with Crippen molar-refractivity contribution >= 4 is 11.3 Å². The van der Waals surface area contributed by atoms with E-state index < -0.39 is 0 Å². The summed E-state index contributed by atoms with van der Waals surface area (Å²) in [5.41, 5.74) is 0. The van der Waals surface area contributed by atoms with Crippen LogP contribution < -0.4 is 5.32 Å². The largest absolute Gasteiger partial charge is 0.312 e. The molecule has 1 aromatic rings. The zero-order chi connectivity index (χ0) is 9.80. The predicted octanol–water partition coefficient (Wildman–Crippen LogP) is 1.79. The minimum Gasteiger partial charge on any atom is -0.312 e. The first kappa shape index (κ1) is 10.1. The van der Waals surface area contributed by atoms with Gasteiger partial charge in [0, 0.05) is 18.0 Å². The van der Waals surface area contributed by atoms with Crippen LogP contribution in [0.25, 0.3) is 0 Å². The van der Waals surface area contributed by atoms with Gasteiger partial charge in [0.05, 0.1) is 0 Å². The van der Waals surface area contributed by atoms with Gasteiger partial charge in [0.25, 0.3) is 0 Å². The summed E-state index contributed by atoms with van der Waals surface area (Å²) in [7, 11) is 2.21. The van der Waals surface area contributed by atoms with Gasteiger partial charge in [0.15, 0.2) is 0 Å². The molecule has 0 spiro atoms. The maximum Gasteiger partial charge on any atom is 0.0299 e. The van der Waals surface area contributed by atoms with E-state index in [0.717, 1.165) is 12.5 Å². The molecule has 14 heavy (non-hydrogen) atoms. The van der Waals surface area contributed by atoms with Crippen molar-refractivity contribution in [2.24, 2.45) is 5.92 Å². The monoisotopic (exact) mass is 210 g/mol. The van der Waals surface area contributed by atoms with E-state index in [9.17, 15) is 0 Å². The molecule has 1 aliphatic rings. The third kappa shape index (κ3) is 2.80. The highest BCUT2D eigenvalue weighted by molar-refractivity contribution is 7.09. The summed E-state index contributed by atoms with van der Waals surface area (Å²) in [6, 6.07) is 4.31. The Balaban J connectivity index is 1.64. The van der Waals surface area contributed by atoms with E-state index in [4.69, 9.17) is 0 Å². The van der Waals surface area contributed by atoms with E-state index in [0.29, 0.717) is 0 Å². The van der Waals surface area contributed by atoms with Crippen LogP contribution in [-0.2, 0) is 6.54 Å². The maximum absolute atomic E-state index is 3.53. The second kappa shape index (κ2) is 4.91. The molecule has 2 nitrogen and oxygen atoms in total. The van der Waals surface area contributed by atoms with Crippen LogP contribution in [0.5, 0.6) is 0 Å². The lowest BCUT2D eigenvalue weighted by Crippen LogP contribution is -2.24. The molecular formula is C11H18N2S. The zero-order valence-corrected chi connectivity index (χ0v) is 9.52. The van der Waals surface area contributed by atoms with Gasteiger partial charge in [0.1, 0.15) is 0 Å². The molecule has 78 valence electrons. The lowest BCUT2D eigenvalue weighted by molar-refractivity contribution is 0.388. The molecule has 1 fully saturated rings. The molecule has 1 atom stereocenters. The molecule has 0 bridgehead atoms. The van der Waals surface area contributed by atoms with Gasteiger partial charge >= 0.3 is 0 Å². The smallest absolute Gasteiger partial charge is 0.0299 e. The van der Waals surface area contributed by atoms with E-state index >= 15 is 0 Å². The third-order valence-electron chi connectivity index (χ3n) is 2.80. The fraction of sp³-hybridized carbons (Fsp3) is 0.636. The first-order chi connectivity index (χ1) is 6.84. The summed E-state index contributed by atoms with van der Waals surface area (Å²) in [5.74, 6) is 0.861. The number of hydrogen-bond donors (Lipinski definition) is 1. The molecule has 1 N–H and O–H groups in total. The average Bonchev–Trinajstić information content (AvgIpc) is 2.77. The number of nitrogens with zero attached hydrogens (tertiary/aromatic N) is 1. The SMILES string of the molecule is CN1CCC(CNCc2cccs2)C1. The molecule has 0 aromatic carbocycles. The molecule has 1 unspecified atom stereocenters. The zero-order valence-electron chi connectivity index (χ0n) is 8.70. The molecule has 2 heterocycles. The van der Waals surface area contributed by atoms with Crippen LogP contribution in [0.4, 0.5) is 0 Å². The highest BCUT2D eigenvalue weighted by Gasteiger charge is 2.18. The first-order valence-corrected chi connectivity index (χ1v) is 6.14. The first-order valence-electron chi connectivity index (χ1n) is 5.26. The van der Waals surface area contributed by atoms with Crippen molar-refractivity contribution in [3.63, 3.8) is 0 Å². The minimum atomic E-state index is 0.861. The van der Waals surface area contributed by atoms with Crippen molar-refractivity contribution in [2.75, 3.05) is 26.7 Å². The summed E-state index contributed by atoms with van der Waals surface area (Å²) in [6.45, 7) is 4.74. The lowest BCUT2D eigenvalue weighted by atomic mass is 10.1. The summed E-state index contributed by atoms with van der Waals surface area (Å²) in [5, 5.41) is 5.67. The number of likely N-dealkylation sites (tertiary alicyclic amines) is 1. The maximum atomic E-state index is 3.53. The number of nitrogens with one attached hydrogen (secondary N) is 1. The van der Waals surface area contributed by atoms with Gasteiger partial charge in [-0.15, -0.1) is 11.3 Å². The second-order valence-corrected chi connectivity index (χ2v) is 5.16. The molecule has 0 radical (unpaired) electrons. The Hall–Kier alpha value is -0.380. The van der Waals surface area contributed by atoms with Crippen LogP contribution in [0.15, 0.2) is 17.5 Å². The van der Waals surface area contributed by atoms with E-state index in [-0.39, 0.29) is 0 Å². The van der Waals surface area contributed by atoms with Crippen LogP contribution in [0.2, 0.25) is 0 Å². The Bertz CT molecular complexity index is 258. The quantitative estimate of drug-likeness (QED) is 0.815. The van der Waals surface area contributed by atoms with Gasteiger partial charge in [-0.3, -0.25) is 0 Å².